The molecule has 3 rings (SSSR count). The maximum atomic E-state index is 12.1. The summed E-state index contributed by atoms with van der Waals surface area (Å²) in [5, 5.41) is 6.48. The van der Waals surface area contributed by atoms with Gasteiger partial charge in [-0.25, -0.2) is 0 Å². The molecule has 1 aliphatic rings. The molecule has 0 radical (unpaired) electrons. The molecule has 1 amide bonds. The Hall–Kier alpha value is -2.49. The Morgan fingerprint density at radius 3 is 2.86 bits per heavy atom. The van der Waals surface area contributed by atoms with Gasteiger partial charge in [-0.15, -0.1) is 0 Å². The number of rotatable bonds is 4. The average Bonchev–Trinajstić information content (AvgIpc) is 2.59. The molecule has 0 saturated carbocycles. The van der Waals surface area contributed by atoms with Crippen LogP contribution in [0.15, 0.2) is 48.5 Å². The molecule has 2 aromatic rings. The normalized spacial score (nSPS) is 16.3. The highest BCUT2D eigenvalue weighted by atomic mass is 16.5. The molecular weight excluding hydrogens is 276 g/mol. The Labute approximate surface area is 130 Å². The van der Waals surface area contributed by atoms with Crippen molar-refractivity contribution in [3.63, 3.8) is 0 Å². The summed E-state index contributed by atoms with van der Waals surface area (Å²) >= 11 is 0. The molecule has 2 N–H and O–H groups in total. The van der Waals surface area contributed by atoms with E-state index < -0.39 is 0 Å². The summed E-state index contributed by atoms with van der Waals surface area (Å²) < 4.78 is 5.25. The molecule has 1 heterocycles. The predicted octanol–water partition coefficient (Wildman–Crippen LogP) is 2.85. The van der Waals surface area contributed by atoms with Gasteiger partial charge in [0.25, 0.3) is 5.91 Å². The van der Waals surface area contributed by atoms with E-state index >= 15 is 0 Å². The number of ether oxygens (including phenoxy) is 1. The van der Waals surface area contributed by atoms with Crippen LogP contribution >= 0.6 is 0 Å². The first kappa shape index (κ1) is 14.4. The fourth-order valence-electron chi connectivity index (χ4n) is 2.73. The Bertz CT molecular complexity index is 655. The summed E-state index contributed by atoms with van der Waals surface area (Å²) in [6.07, 6.45) is 1.99. The number of hydrogen-bond donors (Lipinski definition) is 2. The Morgan fingerprint density at radius 2 is 2.09 bits per heavy atom. The van der Waals surface area contributed by atoms with Gasteiger partial charge in [-0.1, -0.05) is 18.2 Å². The number of carbonyl (C=O) groups excluding carboxylic acids is 1. The summed E-state index contributed by atoms with van der Waals surface area (Å²) in [5.41, 5.74) is 3.10. The molecule has 0 fully saturated rings. The SMILES string of the molecule is COc1ccc2c(c1)CCC(CNC(=O)c1ccccc1)N2. The van der Waals surface area contributed by atoms with Crippen LogP contribution in [-0.4, -0.2) is 25.6 Å². The zero-order chi connectivity index (χ0) is 15.4. The number of hydrogen-bond acceptors (Lipinski definition) is 3. The van der Waals surface area contributed by atoms with Gasteiger partial charge in [0.15, 0.2) is 0 Å². The Balaban J connectivity index is 1.58. The van der Waals surface area contributed by atoms with E-state index in [1.54, 1.807) is 7.11 Å². The van der Waals surface area contributed by atoms with Gasteiger partial charge in [0.1, 0.15) is 5.75 Å². The van der Waals surface area contributed by atoms with E-state index in [0.29, 0.717) is 12.1 Å². The van der Waals surface area contributed by atoms with Crippen molar-refractivity contribution in [2.45, 2.75) is 18.9 Å². The zero-order valence-corrected chi connectivity index (χ0v) is 12.6. The van der Waals surface area contributed by atoms with Crippen molar-refractivity contribution in [1.82, 2.24) is 5.32 Å². The van der Waals surface area contributed by atoms with Crippen LogP contribution in [-0.2, 0) is 6.42 Å². The third-order valence-corrected chi connectivity index (χ3v) is 3.98. The van der Waals surface area contributed by atoms with Gasteiger partial charge in [-0.3, -0.25) is 4.79 Å². The number of methoxy groups -OCH3 is 1. The number of amides is 1. The van der Waals surface area contributed by atoms with E-state index in [2.05, 4.69) is 16.7 Å². The number of benzene rings is 2. The van der Waals surface area contributed by atoms with Crippen molar-refractivity contribution in [2.75, 3.05) is 19.0 Å². The summed E-state index contributed by atoms with van der Waals surface area (Å²) in [6, 6.07) is 15.6. The first-order chi connectivity index (χ1) is 10.8. The molecule has 0 bridgehead atoms. The molecule has 0 aromatic heterocycles. The van der Waals surface area contributed by atoms with E-state index in [1.165, 1.54) is 5.56 Å². The van der Waals surface area contributed by atoms with Gasteiger partial charge in [-0.2, -0.15) is 0 Å². The highest BCUT2D eigenvalue weighted by molar-refractivity contribution is 5.94. The second-order valence-electron chi connectivity index (χ2n) is 5.48. The Morgan fingerprint density at radius 1 is 1.27 bits per heavy atom. The molecule has 0 saturated heterocycles. The van der Waals surface area contributed by atoms with Crippen LogP contribution in [0, 0.1) is 0 Å². The first-order valence-electron chi connectivity index (χ1n) is 7.53. The Kier molecular flexibility index (Phi) is 4.28. The number of aryl methyl sites for hydroxylation is 1. The van der Waals surface area contributed by atoms with Crippen LogP contribution < -0.4 is 15.4 Å². The second kappa shape index (κ2) is 6.52. The van der Waals surface area contributed by atoms with Gasteiger partial charge < -0.3 is 15.4 Å². The quantitative estimate of drug-likeness (QED) is 0.912. The zero-order valence-electron chi connectivity index (χ0n) is 12.6. The van der Waals surface area contributed by atoms with Gasteiger partial charge in [0, 0.05) is 23.8 Å². The van der Waals surface area contributed by atoms with E-state index in [4.69, 9.17) is 4.74 Å². The van der Waals surface area contributed by atoms with Crippen LogP contribution in [0.4, 0.5) is 5.69 Å². The predicted molar refractivity (Wildman–Crippen MR) is 87.5 cm³/mol. The molecule has 114 valence electrons. The standard InChI is InChI=1S/C18H20N2O2/c1-22-16-9-10-17-14(11-16)7-8-15(20-17)12-19-18(21)13-5-3-2-4-6-13/h2-6,9-11,15,20H,7-8,12H2,1H3,(H,19,21). The van der Waals surface area contributed by atoms with Crippen molar-refractivity contribution < 1.29 is 9.53 Å². The number of carbonyl (C=O) groups is 1. The van der Waals surface area contributed by atoms with Gasteiger partial charge in [-0.05, 0) is 48.7 Å². The molecule has 22 heavy (non-hydrogen) atoms. The molecule has 1 unspecified atom stereocenters. The van der Waals surface area contributed by atoms with Crippen molar-refractivity contribution in [3.05, 3.63) is 59.7 Å². The molecule has 0 aliphatic carbocycles. The minimum atomic E-state index is -0.0251. The molecule has 2 aromatic carbocycles. The summed E-state index contributed by atoms with van der Waals surface area (Å²) in [5.74, 6) is 0.860. The van der Waals surface area contributed by atoms with Gasteiger partial charge >= 0.3 is 0 Å². The fraction of sp³-hybridized carbons (Fsp3) is 0.278. The van der Waals surface area contributed by atoms with Gasteiger partial charge in [0.05, 0.1) is 7.11 Å². The van der Waals surface area contributed by atoms with Crippen molar-refractivity contribution >= 4 is 11.6 Å². The molecule has 0 spiro atoms. The lowest BCUT2D eigenvalue weighted by Crippen LogP contribution is -2.38. The lowest BCUT2D eigenvalue weighted by molar-refractivity contribution is 0.0951. The smallest absolute Gasteiger partial charge is 0.251 e. The largest absolute Gasteiger partial charge is 0.497 e. The average molecular weight is 296 g/mol. The molecule has 4 heteroatoms. The highest BCUT2D eigenvalue weighted by Crippen LogP contribution is 2.28. The first-order valence-corrected chi connectivity index (χ1v) is 7.53. The maximum absolute atomic E-state index is 12.1. The lowest BCUT2D eigenvalue weighted by Gasteiger charge is -2.27. The maximum Gasteiger partial charge on any atom is 0.251 e. The minimum Gasteiger partial charge on any atom is -0.497 e. The van der Waals surface area contributed by atoms with Crippen LogP contribution in [0.3, 0.4) is 0 Å². The highest BCUT2D eigenvalue weighted by Gasteiger charge is 2.18. The molecule has 1 atom stereocenters. The number of fused-ring (bicyclic) bond motifs is 1. The minimum absolute atomic E-state index is 0.0251. The van der Waals surface area contributed by atoms with Crippen LogP contribution in [0.25, 0.3) is 0 Å². The van der Waals surface area contributed by atoms with Crippen LogP contribution in [0.1, 0.15) is 22.3 Å². The summed E-state index contributed by atoms with van der Waals surface area (Å²) in [6.45, 7) is 0.624. The topological polar surface area (TPSA) is 50.4 Å². The number of nitrogens with one attached hydrogen (secondary N) is 2. The third kappa shape index (κ3) is 3.22. The van der Waals surface area contributed by atoms with Crippen molar-refractivity contribution in [3.8, 4) is 5.75 Å². The van der Waals surface area contributed by atoms with E-state index in [9.17, 15) is 4.79 Å². The summed E-state index contributed by atoms with van der Waals surface area (Å²) in [4.78, 5) is 12.1. The lowest BCUT2D eigenvalue weighted by atomic mass is 9.97. The van der Waals surface area contributed by atoms with E-state index in [-0.39, 0.29) is 11.9 Å². The molecule has 4 nitrogen and oxygen atoms in total. The van der Waals surface area contributed by atoms with Crippen molar-refractivity contribution in [1.29, 1.82) is 0 Å². The monoisotopic (exact) mass is 296 g/mol. The molecular formula is C18H20N2O2. The van der Waals surface area contributed by atoms with E-state index in [0.717, 1.165) is 24.3 Å². The van der Waals surface area contributed by atoms with Crippen LogP contribution in [0.2, 0.25) is 0 Å². The second-order valence-corrected chi connectivity index (χ2v) is 5.48. The fourth-order valence-corrected chi connectivity index (χ4v) is 2.73. The van der Waals surface area contributed by atoms with Crippen LogP contribution in [0.5, 0.6) is 5.75 Å². The molecule has 1 aliphatic heterocycles. The van der Waals surface area contributed by atoms with Crippen molar-refractivity contribution in [2.24, 2.45) is 0 Å². The number of anilines is 1. The van der Waals surface area contributed by atoms with E-state index in [1.807, 2.05) is 42.5 Å². The summed E-state index contributed by atoms with van der Waals surface area (Å²) in [7, 11) is 1.68. The van der Waals surface area contributed by atoms with Gasteiger partial charge in [0.2, 0.25) is 0 Å². The third-order valence-electron chi connectivity index (χ3n) is 3.98.